The van der Waals surface area contributed by atoms with Gasteiger partial charge < -0.3 is 0 Å². The molecule has 2 unspecified atom stereocenters. The van der Waals surface area contributed by atoms with Crippen LogP contribution in [-0.2, 0) is 9.59 Å². The zero-order valence-electron chi connectivity index (χ0n) is 9.57. The van der Waals surface area contributed by atoms with Crippen LogP contribution in [0.3, 0.4) is 0 Å². The van der Waals surface area contributed by atoms with Gasteiger partial charge in [0.2, 0.25) is 11.8 Å². The van der Waals surface area contributed by atoms with Crippen LogP contribution in [0.5, 0.6) is 0 Å². The number of amides is 2. The molecule has 90 valence electrons. The van der Waals surface area contributed by atoms with Gasteiger partial charge in [0.25, 0.3) is 0 Å². The van der Waals surface area contributed by atoms with Crippen molar-refractivity contribution in [3.8, 4) is 0 Å². The molecule has 1 aliphatic rings. The summed E-state index contributed by atoms with van der Waals surface area (Å²) in [5.41, 5.74) is 1.06. The van der Waals surface area contributed by atoms with E-state index in [4.69, 9.17) is 0 Å². The van der Waals surface area contributed by atoms with E-state index in [0.29, 0.717) is 6.42 Å². The van der Waals surface area contributed by atoms with Crippen LogP contribution < -0.4 is 5.32 Å². The average molecular weight is 296 g/mol. The van der Waals surface area contributed by atoms with Crippen LogP contribution in [0, 0.1) is 5.92 Å². The van der Waals surface area contributed by atoms with E-state index in [1.54, 1.807) is 0 Å². The summed E-state index contributed by atoms with van der Waals surface area (Å²) in [5, 5.41) is 2.40. The first-order valence-corrected chi connectivity index (χ1v) is 6.50. The molecule has 1 N–H and O–H groups in total. The molecule has 0 spiro atoms. The highest BCUT2D eigenvalue weighted by atomic mass is 79.9. The molecule has 0 bridgehead atoms. The largest absolute Gasteiger partial charge is 0.296 e. The maximum atomic E-state index is 11.7. The summed E-state index contributed by atoms with van der Waals surface area (Å²) in [7, 11) is 0. The lowest BCUT2D eigenvalue weighted by Crippen LogP contribution is -2.44. The van der Waals surface area contributed by atoms with Gasteiger partial charge in [-0.3, -0.25) is 14.9 Å². The summed E-state index contributed by atoms with van der Waals surface area (Å²) in [6.07, 6.45) is 1.14. The van der Waals surface area contributed by atoms with Crippen molar-refractivity contribution < 1.29 is 9.59 Å². The normalized spacial score (nSPS) is 24.6. The molecule has 1 fully saturated rings. The molecule has 4 heteroatoms. The van der Waals surface area contributed by atoms with Crippen LogP contribution in [-0.4, -0.2) is 11.8 Å². The van der Waals surface area contributed by atoms with E-state index in [1.807, 2.05) is 31.2 Å². The van der Waals surface area contributed by atoms with Crippen LogP contribution in [0.25, 0.3) is 0 Å². The first-order chi connectivity index (χ1) is 8.11. The predicted octanol–water partition coefficient (Wildman–Crippen LogP) is 2.61. The van der Waals surface area contributed by atoms with Crippen molar-refractivity contribution in [1.29, 1.82) is 0 Å². The van der Waals surface area contributed by atoms with Crippen molar-refractivity contribution in [2.45, 2.75) is 25.7 Å². The minimum atomic E-state index is -0.174. The lowest BCUT2D eigenvalue weighted by Gasteiger charge is -2.29. The van der Waals surface area contributed by atoms with Crippen molar-refractivity contribution >= 4 is 27.7 Å². The number of piperidine rings is 1. The van der Waals surface area contributed by atoms with E-state index < -0.39 is 0 Å². The van der Waals surface area contributed by atoms with E-state index in [0.717, 1.165) is 16.5 Å². The van der Waals surface area contributed by atoms with E-state index in [1.165, 1.54) is 0 Å². The third kappa shape index (κ3) is 2.57. The van der Waals surface area contributed by atoms with Crippen LogP contribution in [0.2, 0.25) is 0 Å². The Kier molecular flexibility index (Phi) is 3.62. The van der Waals surface area contributed by atoms with Crippen molar-refractivity contribution in [2.24, 2.45) is 5.92 Å². The Bertz CT molecular complexity index is 441. The molecule has 3 nitrogen and oxygen atoms in total. The molecule has 17 heavy (non-hydrogen) atoms. The van der Waals surface area contributed by atoms with Crippen molar-refractivity contribution in [3.05, 3.63) is 34.3 Å². The highest BCUT2D eigenvalue weighted by Crippen LogP contribution is 2.33. The molecule has 0 saturated carbocycles. The summed E-state index contributed by atoms with van der Waals surface area (Å²) in [6.45, 7) is 1.98. The first kappa shape index (κ1) is 12.3. The Labute approximate surface area is 109 Å². The summed E-state index contributed by atoms with van der Waals surface area (Å²) in [5.74, 6) is -0.410. The van der Waals surface area contributed by atoms with Crippen molar-refractivity contribution in [2.75, 3.05) is 0 Å². The Hall–Kier alpha value is -1.16. The summed E-state index contributed by atoms with van der Waals surface area (Å²) in [4.78, 5) is 23.2. The Morgan fingerprint density at radius 3 is 2.53 bits per heavy atom. The van der Waals surface area contributed by atoms with Crippen LogP contribution in [0.1, 0.15) is 31.2 Å². The lowest BCUT2D eigenvalue weighted by molar-refractivity contribution is -0.137. The fraction of sp³-hybridized carbons (Fsp3) is 0.385. The quantitative estimate of drug-likeness (QED) is 0.853. The highest BCUT2D eigenvalue weighted by Gasteiger charge is 2.35. The Balaban J connectivity index is 2.30. The fourth-order valence-corrected chi connectivity index (χ4v) is 2.60. The maximum Gasteiger partial charge on any atom is 0.230 e. The highest BCUT2D eigenvalue weighted by molar-refractivity contribution is 9.10. The van der Waals surface area contributed by atoms with Crippen LogP contribution in [0.4, 0.5) is 0 Å². The van der Waals surface area contributed by atoms with E-state index in [2.05, 4.69) is 21.2 Å². The van der Waals surface area contributed by atoms with Gasteiger partial charge in [-0.05, 0) is 24.1 Å². The molecule has 1 saturated heterocycles. The third-order valence-corrected chi connectivity index (χ3v) is 3.76. The van der Waals surface area contributed by atoms with Crippen molar-refractivity contribution in [3.63, 3.8) is 0 Å². The zero-order chi connectivity index (χ0) is 12.4. The summed E-state index contributed by atoms with van der Waals surface area (Å²) >= 11 is 3.38. The number of imide groups is 1. The van der Waals surface area contributed by atoms with Gasteiger partial charge in [0.15, 0.2) is 0 Å². The predicted molar refractivity (Wildman–Crippen MR) is 68.4 cm³/mol. The molecule has 1 aliphatic heterocycles. The zero-order valence-corrected chi connectivity index (χ0v) is 11.2. The maximum absolute atomic E-state index is 11.7. The number of carbonyl (C=O) groups is 2. The van der Waals surface area contributed by atoms with Gasteiger partial charge in [-0.25, -0.2) is 0 Å². The molecular weight excluding hydrogens is 282 g/mol. The molecule has 2 amide bonds. The number of nitrogens with one attached hydrogen (secondary N) is 1. The van der Waals surface area contributed by atoms with Gasteiger partial charge in [-0.1, -0.05) is 35.0 Å². The van der Waals surface area contributed by atoms with E-state index >= 15 is 0 Å². The number of halogens is 1. The molecule has 0 aliphatic carbocycles. The first-order valence-electron chi connectivity index (χ1n) is 5.71. The molecule has 2 rings (SSSR count). The SMILES string of the molecule is CCC1C(=O)NC(=O)CC1c1ccc(Br)cc1. The van der Waals surface area contributed by atoms with Gasteiger partial charge in [-0.15, -0.1) is 0 Å². The Morgan fingerprint density at radius 1 is 1.29 bits per heavy atom. The average Bonchev–Trinajstić information content (AvgIpc) is 2.29. The molecular formula is C13H14BrNO2. The number of carbonyl (C=O) groups excluding carboxylic acids is 2. The monoisotopic (exact) mass is 295 g/mol. The molecule has 0 radical (unpaired) electrons. The fourth-order valence-electron chi connectivity index (χ4n) is 2.34. The number of hydrogen-bond donors (Lipinski definition) is 1. The van der Waals surface area contributed by atoms with Crippen LogP contribution in [0.15, 0.2) is 28.7 Å². The number of rotatable bonds is 2. The smallest absolute Gasteiger partial charge is 0.230 e. The van der Waals surface area contributed by atoms with E-state index in [9.17, 15) is 9.59 Å². The number of hydrogen-bond acceptors (Lipinski definition) is 2. The topological polar surface area (TPSA) is 46.2 Å². The molecule has 1 aromatic carbocycles. The standard InChI is InChI=1S/C13H14BrNO2/c1-2-10-11(7-12(16)15-13(10)17)8-3-5-9(14)6-4-8/h3-6,10-11H,2,7H2,1H3,(H,15,16,17). The van der Waals surface area contributed by atoms with Crippen molar-refractivity contribution in [1.82, 2.24) is 5.32 Å². The minimum absolute atomic E-state index is 0.00866. The second-order valence-corrected chi connectivity index (χ2v) is 5.21. The van der Waals surface area contributed by atoms with Gasteiger partial charge in [0.05, 0.1) is 0 Å². The summed E-state index contributed by atoms with van der Waals surface area (Å²) in [6, 6.07) is 7.84. The van der Waals surface area contributed by atoms with Gasteiger partial charge in [0.1, 0.15) is 0 Å². The molecule has 1 heterocycles. The molecule has 0 aromatic heterocycles. The second-order valence-electron chi connectivity index (χ2n) is 4.29. The van der Waals surface area contributed by atoms with Crippen LogP contribution >= 0.6 is 15.9 Å². The molecule has 2 atom stereocenters. The third-order valence-electron chi connectivity index (χ3n) is 3.23. The minimum Gasteiger partial charge on any atom is -0.296 e. The van der Waals surface area contributed by atoms with Gasteiger partial charge >= 0.3 is 0 Å². The lowest BCUT2D eigenvalue weighted by atomic mass is 9.79. The van der Waals surface area contributed by atoms with Gasteiger partial charge in [0, 0.05) is 22.7 Å². The number of benzene rings is 1. The van der Waals surface area contributed by atoms with E-state index in [-0.39, 0.29) is 23.7 Å². The second kappa shape index (κ2) is 5.00. The Morgan fingerprint density at radius 2 is 1.94 bits per heavy atom. The van der Waals surface area contributed by atoms with Gasteiger partial charge in [-0.2, -0.15) is 0 Å². The summed E-state index contributed by atoms with van der Waals surface area (Å²) < 4.78 is 1.00. The molecule has 1 aromatic rings.